The molecule has 0 N–H and O–H groups in total. The van der Waals surface area contributed by atoms with Crippen LogP contribution in [0.25, 0.3) is 0 Å². The van der Waals surface area contributed by atoms with Crippen molar-refractivity contribution >= 4 is 21.7 Å². The van der Waals surface area contributed by atoms with Gasteiger partial charge in [-0.25, -0.2) is 8.42 Å². The molecule has 9 heteroatoms. The monoisotopic (exact) mass is 408 g/mol. The first-order chi connectivity index (χ1) is 13.0. The number of sulfonamides is 1. The average Bonchev–Trinajstić information content (AvgIpc) is 3.04. The van der Waals surface area contributed by atoms with Gasteiger partial charge in [0, 0.05) is 25.2 Å². The minimum atomic E-state index is -3.75. The Hall–Kier alpha value is -2.26. The Bertz CT molecular complexity index is 928. The van der Waals surface area contributed by atoms with Gasteiger partial charge in [0.25, 0.3) is 5.69 Å². The van der Waals surface area contributed by atoms with Crippen LogP contribution in [0, 0.1) is 16.0 Å². The molecule has 0 saturated heterocycles. The molecule has 0 amide bonds. The number of nitro benzene ring substituents is 1. The summed E-state index contributed by atoms with van der Waals surface area (Å²) in [4.78, 5) is 22.6. The highest BCUT2D eigenvalue weighted by molar-refractivity contribution is 7.89. The molecule has 152 valence electrons. The van der Waals surface area contributed by atoms with Crippen LogP contribution in [0.1, 0.15) is 40.0 Å². The van der Waals surface area contributed by atoms with Crippen molar-refractivity contribution in [3.05, 3.63) is 45.5 Å². The lowest BCUT2D eigenvalue weighted by atomic mass is 9.85. The molecule has 0 bridgehead atoms. The zero-order chi connectivity index (χ0) is 20.7. The van der Waals surface area contributed by atoms with Crippen molar-refractivity contribution in [3.8, 4) is 0 Å². The van der Waals surface area contributed by atoms with Gasteiger partial charge in [0.05, 0.1) is 15.7 Å². The van der Waals surface area contributed by atoms with Crippen LogP contribution in [0.5, 0.6) is 0 Å². The van der Waals surface area contributed by atoms with Gasteiger partial charge < -0.3 is 4.74 Å². The average molecular weight is 408 g/mol. The van der Waals surface area contributed by atoms with Gasteiger partial charge in [0.1, 0.15) is 5.60 Å². The number of hydrogen-bond donors (Lipinski definition) is 0. The molecule has 1 aliphatic carbocycles. The smallest absolute Gasteiger partial charge is 0.309 e. The standard InChI is InChI=1S/C19H24N2O6S/c1-19(2,3)27-18(22)13-4-5-14-11-20(12-15(14)10-13)28(25,26)17-8-6-16(7-9-17)21(23)24/h6-9,13H,4-5,10-12H2,1-3H3/t13-/m1/s1. The third-order valence-corrected chi connectivity index (χ3v) is 6.75. The second-order valence-corrected chi connectivity index (χ2v) is 10.1. The maximum Gasteiger partial charge on any atom is 0.309 e. The maximum atomic E-state index is 12.9. The Morgan fingerprint density at radius 2 is 1.79 bits per heavy atom. The van der Waals surface area contributed by atoms with Crippen LogP contribution < -0.4 is 0 Å². The van der Waals surface area contributed by atoms with Gasteiger partial charge in [-0.1, -0.05) is 11.1 Å². The summed E-state index contributed by atoms with van der Waals surface area (Å²) in [7, 11) is -3.75. The predicted molar refractivity (Wildman–Crippen MR) is 102 cm³/mol. The molecule has 28 heavy (non-hydrogen) atoms. The molecule has 2 aliphatic rings. The molecule has 1 heterocycles. The number of benzene rings is 1. The number of hydrogen-bond acceptors (Lipinski definition) is 6. The molecule has 1 aromatic carbocycles. The lowest BCUT2D eigenvalue weighted by Gasteiger charge is -2.26. The topological polar surface area (TPSA) is 107 Å². The van der Waals surface area contributed by atoms with E-state index in [-0.39, 0.29) is 29.0 Å². The summed E-state index contributed by atoms with van der Waals surface area (Å²) in [6.45, 7) is 6.02. The molecule has 0 fully saturated rings. The molecule has 1 atom stereocenters. The summed E-state index contributed by atoms with van der Waals surface area (Å²) in [5.74, 6) is -0.490. The van der Waals surface area contributed by atoms with E-state index in [1.54, 1.807) is 0 Å². The Kier molecular flexibility index (Phi) is 5.33. The van der Waals surface area contributed by atoms with Crippen molar-refractivity contribution in [2.45, 2.75) is 50.5 Å². The molecular formula is C19H24N2O6S. The SMILES string of the molecule is CC(C)(C)OC(=O)[C@@H]1CCC2=C(C1)CN(S(=O)(=O)c1ccc([N+](=O)[O-])cc1)C2. The molecule has 0 saturated carbocycles. The van der Waals surface area contributed by atoms with Gasteiger partial charge in [-0.15, -0.1) is 0 Å². The van der Waals surface area contributed by atoms with Crippen molar-refractivity contribution in [3.63, 3.8) is 0 Å². The van der Waals surface area contributed by atoms with E-state index >= 15 is 0 Å². The van der Waals surface area contributed by atoms with Crippen LogP contribution in [-0.2, 0) is 19.6 Å². The quantitative estimate of drug-likeness (QED) is 0.328. The summed E-state index contributed by atoms with van der Waals surface area (Å²) in [6, 6.07) is 4.90. The van der Waals surface area contributed by atoms with Gasteiger partial charge in [-0.2, -0.15) is 4.31 Å². The van der Waals surface area contributed by atoms with Crippen molar-refractivity contribution in [2.75, 3.05) is 13.1 Å². The fourth-order valence-electron chi connectivity index (χ4n) is 3.56. The summed E-state index contributed by atoms with van der Waals surface area (Å²) < 4.78 is 32.6. The number of esters is 1. The number of rotatable bonds is 4. The highest BCUT2D eigenvalue weighted by Gasteiger charge is 2.37. The molecule has 0 aromatic heterocycles. The zero-order valence-electron chi connectivity index (χ0n) is 16.2. The van der Waals surface area contributed by atoms with Crippen molar-refractivity contribution in [1.29, 1.82) is 0 Å². The lowest BCUT2D eigenvalue weighted by molar-refractivity contribution is -0.384. The van der Waals surface area contributed by atoms with Gasteiger partial charge >= 0.3 is 5.97 Å². The Labute approximate surface area is 164 Å². The zero-order valence-corrected chi connectivity index (χ0v) is 17.0. The highest BCUT2D eigenvalue weighted by atomic mass is 32.2. The molecule has 0 unspecified atom stereocenters. The third-order valence-electron chi connectivity index (χ3n) is 4.95. The largest absolute Gasteiger partial charge is 0.460 e. The summed E-state index contributed by atoms with van der Waals surface area (Å²) in [6.07, 6.45) is 1.83. The first-order valence-corrected chi connectivity index (χ1v) is 10.6. The van der Waals surface area contributed by atoms with E-state index in [1.807, 2.05) is 20.8 Å². The van der Waals surface area contributed by atoms with E-state index in [1.165, 1.54) is 28.6 Å². The molecule has 1 aliphatic heterocycles. The minimum Gasteiger partial charge on any atom is -0.460 e. The predicted octanol–water partition coefficient (Wildman–Crippen LogP) is 3.04. The van der Waals surface area contributed by atoms with Crippen LogP contribution in [0.2, 0.25) is 0 Å². The van der Waals surface area contributed by atoms with Gasteiger partial charge in [-0.05, 0) is 52.2 Å². The molecule has 8 nitrogen and oxygen atoms in total. The first kappa shape index (κ1) is 20.5. The minimum absolute atomic E-state index is 0.0293. The molecular weight excluding hydrogens is 384 g/mol. The van der Waals surface area contributed by atoms with E-state index < -0.39 is 20.5 Å². The third kappa shape index (κ3) is 4.25. The van der Waals surface area contributed by atoms with Crippen LogP contribution in [0.15, 0.2) is 40.3 Å². The fourth-order valence-corrected chi connectivity index (χ4v) is 4.99. The number of carbonyl (C=O) groups excluding carboxylic acids is 1. The molecule has 0 radical (unpaired) electrons. The van der Waals surface area contributed by atoms with Crippen LogP contribution in [0.3, 0.4) is 0 Å². The second kappa shape index (κ2) is 7.29. The number of nitrogens with zero attached hydrogens (tertiary/aromatic N) is 2. The Balaban J connectivity index is 1.70. The number of carbonyl (C=O) groups is 1. The van der Waals surface area contributed by atoms with Gasteiger partial charge in [0.15, 0.2) is 0 Å². The maximum absolute atomic E-state index is 12.9. The highest BCUT2D eigenvalue weighted by Crippen LogP contribution is 2.37. The molecule has 1 aromatic rings. The van der Waals surface area contributed by atoms with Crippen molar-refractivity contribution in [2.24, 2.45) is 5.92 Å². The van der Waals surface area contributed by atoms with E-state index in [4.69, 9.17) is 4.74 Å². The Morgan fingerprint density at radius 3 is 2.36 bits per heavy atom. The van der Waals surface area contributed by atoms with Gasteiger partial charge in [0.2, 0.25) is 10.0 Å². The van der Waals surface area contributed by atoms with E-state index in [0.29, 0.717) is 25.8 Å². The van der Waals surface area contributed by atoms with E-state index in [0.717, 1.165) is 11.1 Å². The summed E-state index contributed by atoms with van der Waals surface area (Å²) >= 11 is 0. The Morgan fingerprint density at radius 1 is 1.18 bits per heavy atom. The van der Waals surface area contributed by atoms with Crippen LogP contribution in [-0.4, -0.2) is 42.3 Å². The van der Waals surface area contributed by atoms with Gasteiger partial charge in [-0.3, -0.25) is 14.9 Å². The normalized spacial score (nSPS) is 20.8. The number of nitro groups is 1. The first-order valence-electron chi connectivity index (χ1n) is 9.14. The van der Waals surface area contributed by atoms with Crippen LogP contribution in [0.4, 0.5) is 5.69 Å². The van der Waals surface area contributed by atoms with Crippen molar-refractivity contribution in [1.82, 2.24) is 4.31 Å². The number of non-ortho nitro benzene ring substituents is 1. The fraction of sp³-hybridized carbons (Fsp3) is 0.526. The second-order valence-electron chi connectivity index (χ2n) is 8.20. The van der Waals surface area contributed by atoms with E-state index in [9.17, 15) is 23.3 Å². The summed E-state index contributed by atoms with van der Waals surface area (Å²) in [5.41, 5.74) is 1.34. The summed E-state index contributed by atoms with van der Waals surface area (Å²) in [5, 5.41) is 10.8. The molecule has 0 spiro atoms. The lowest BCUT2D eigenvalue weighted by Crippen LogP contribution is -2.30. The van der Waals surface area contributed by atoms with Crippen LogP contribution >= 0.6 is 0 Å². The van der Waals surface area contributed by atoms with E-state index in [2.05, 4.69) is 0 Å². The molecule has 3 rings (SSSR count). The number of ether oxygens (including phenoxy) is 1. The van der Waals surface area contributed by atoms with Crippen molar-refractivity contribution < 1.29 is 22.9 Å².